The van der Waals surface area contributed by atoms with E-state index >= 15 is 0 Å². The third-order valence-electron chi connectivity index (χ3n) is 2.43. The van der Waals surface area contributed by atoms with Gasteiger partial charge in [0.1, 0.15) is 0 Å². The van der Waals surface area contributed by atoms with Crippen LogP contribution in [0.4, 0.5) is 0 Å². The Kier molecular flexibility index (Phi) is 28.9. The Labute approximate surface area is 140 Å². The Balaban J connectivity index is 0. The first-order valence-corrected chi connectivity index (χ1v) is 8.43. The summed E-state index contributed by atoms with van der Waals surface area (Å²) in [5.41, 5.74) is 0. The van der Waals surface area contributed by atoms with Crippen molar-refractivity contribution >= 4 is 0 Å². The molecule has 0 saturated heterocycles. The maximum Gasteiger partial charge on any atom is 0.0701 e. The van der Waals surface area contributed by atoms with Crippen LogP contribution in [-0.4, -0.2) is 89.5 Å². The molecule has 23 heavy (non-hydrogen) atoms. The molecule has 0 heterocycles. The molecule has 0 saturated carbocycles. The summed E-state index contributed by atoms with van der Waals surface area (Å²) in [4.78, 5) is 0. The fraction of sp³-hybridized carbons (Fsp3) is 1.00. The first-order chi connectivity index (χ1) is 11.3. The van der Waals surface area contributed by atoms with Gasteiger partial charge in [-0.05, 0) is 13.3 Å². The standard InChI is InChI=1S/C8H18O4.C8H18O3/c1-2-10-5-6-12-8-7-11-4-3-9;1-2-3-5-10-7-8-11-6-4-9/h9H,2-8H2,1H3;9H,2-8H2,1H3. The molecule has 142 valence electrons. The molecule has 0 atom stereocenters. The van der Waals surface area contributed by atoms with Crippen molar-refractivity contribution in [3.63, 3.8) is 0 Å². The van der Waals surface area contributed by atoms with E-state index < -0.39 is 0 Å². The molecule has 0 aliphatic heterocycles. The number of unbranched alkanes of at least 4 members (excludes halogenated alkanes) is 1. The molecule has 0 aromatic rings. The molecule has 0 rings (SSSR count). The average molecular weight is 340 g/mol. The van der Waals surface area contributed by atoms with E-state index in [4.69, 9.17) is 33.9 Å². The van der Waals surface area contributed by atoms with Gasteiger partial charge in [-0.15, -0.1) is 0 Å². The number of ether oxygens (including phenoxy) is 5. The zero-order valence-corrected chi connectivity index (χ0v) is 14.8. The van der Waals surface area contributed by atoms with Crippen molar-refractivity contribution in [3.8, 4) is 0 Å². The first-order valence-electron chi connectivity index (χ1n) is 8.43. The van der Waals surface area contributed by atoms with Crippen molar-refractivity contribution < 1.29 is 33.9 Å². The van der Waals surface area contributed by atoms with E-state index in [9.17, 15) is 0 Å². The molecule has 7 nitrogen and oxygen atoms in total. The molecule has 0 aromatic carbocycles. The largest absolute Gasteiger partial charge is 0.394 e. The third-order valence-corrected chi connectivity index (χ3v) is 2.43. The Morgan fingerprint density at radius 2 is 0.913 bits per heavy atom. The average Bonchev–Trinajstić information content (AvgIpc) is 2.57. The quantitative estimate of drug-likeness (QED) is 0.380. The van der Waals surface area contributed by atoms with E-state index in [2.05, 4.69) is 6.92 Å². The van der Waals surface area contributed by atoms with Crippen LogP contribution < -0.4 is 0 Å². The van der Waals surface area contributed by atoms with Gasteiger partial charge in [-0.2, -0.15) is 0 Å². The number of rotatable bonds is 17. The molecule has 0 aromatic heterocycles. The Morgan fingerprint density at radius 1 is 0.522 bits per heavy atom. The Bertz CT molecular complexity index is 164. The highest BCUT2D eigenvalue weighted by atomic mass is 16.5. The smallest absolute Gasteiger partial charge is 0.0701 e. The van der Waals surface area contributed by atoms with Crippen molar-refractivity contribution in [2.24, 2.45) is 0 Å². The predicted octanol–water partition coefficient (Wildman–Crippen LogP) is 0.860. The van der Waals surface area contributed by atoms with Gasteiger partial charge in [-0.3, -0.25) is 0 Å². The molecule has 0 aliphatic carbocycles. The second kappa shape index (κ2) is 26.6. The van der Waals surface area contributed by atoms with Crippen LogP contribution in [0.3, 0.4) is 0 Å². The molecule has 0 bridgehead atoms. The molecule has 0 amide bonds. The highest BCUT2D eigenvalue weighted by Gasteiger charge is 1.89. The number of hydrogen-bond donors (Lipinski definition) is 2. The number of aliphatic hydroxyl groups is 2. The Hall–Kier alpha value is -0.280. The molecule has 7 heteroatoms. The van der Waals surface area contributed by atoms with E-state index in [-0.39, 0.29) is 13.2 Å². The maximum absolute atomic E-state index is 8.35. The molecule has 0 spiro atoms. The summed E-state index contributed by atoms with van der Waals surface area (Å²) in [5.74, 6) is 0. The van der Waals surface area contributed by atoms with E-state index in [1.165, 1.54) is 0 Å². The van der Waals surface area contributed by atoms with Crippen molar-refractivity contribution in [1.29, 1.82) is 0 Å². The fourth-order valence-electron chi connectivity index (χ4n) is 1.28. The van der Waals surface area contributed by atoms with Crippen LogP contribution in [0.15, 0.2) is 0 Å². The summed E-state index contributed by atoms with van der Waals surface area (Å²) in [6, 6.07) is 0. The summed E-state index contributed by atoms with van der Waals surface area (Å²) in [6.07, 6.45) is 2.28. The van der Waals surface area contributed by atoms with Gasteiger partial charge in [-0.25, -0.2) is 0 Å². The molecule has 0 radical (unpaired) electrons. The summed E-state index contributed by atoms with van der Waals surface area (Å²) in [7, 11) is 0. The predicted molar refractivity (Wildman–Crippen MR) is 88.8 cm³/mol. The number of hydrogen-bond acceptors (Lipinski definition) is 7. The lowest BCUT2D eigenvalue weighted by Gasteiger charge is -2.04. The van der Waals surface area contributed by atoms with E-state index in [0.717, 1.165) is 26.1 Å². The van der Waals surface area contributed by atoms with Gasteiger partial charge >= 0.3 is 0 Å². The lowest BCUT2D eigenvalue weighted by atomic mass is 10.4. The maximum atomic E-state index is 8.35. The van der Waals surface area contributed by atoms with Crippen LogP contribution in [0.5, 0.6) is 0 Å². The first kappa shape index (κ1) is 25.0. The summed E-state index contributed by atoms with van der Waals surface area (Å²) in [6.45, 7) is 10.1. The summed E-state index contributed by atoms with van der Waals surface area (Å²) in [5, 5.41) is 16.7. The van der Waals surface area contributed by atoms with Crippen molar-refractivity contribution in [2.45, 2.75) is 26.7 Å². The van der Waals surface area contributed by atoms with Gasteiger partial charge in [-0.1, -0.05) is 13.3 Å². The van der Waals surface area contributed by atoms with Crippen molar-refractivity contribution in [3.05, 3.63) is 0 Å². The third kappa shape index (κ3) is 30.2. The minimum Gasteiger partial charge on any atom is -0.394 e. The normalized spacial score (nSPS) is 10.4. The molecule has 0 unspecified atom stereocenters. The molecule has 0 aliphatic rings. The van der Waals surface area contributed by atoms with E-state index in [1.54, 1.807) is 0 Å². The molecular formula is C16H36O7. The van der Waals surface area contributed by atoms with E-state index in [0.29, 0.717) is 52.9 Å². The lowest BCUT2D eigenvalue weighted by molar-refractivity contribution is 0.00965. The van der Waals surface area contributed by atoms with Gasteiger partial charge in [0.15, 0.2) is 0 Å². The van der Waals surface area contributed by atoms with Crippen LogP contribution in [0.1, 0.15) is 26.7 Å². The second-order valence-corrected chi connectivity index (χ2v) is 4.45. The summed E-state index contributed by atoms with van der Waals surface area (Å²) < 4.78 is 25.4. The summed E-state index contributed by atoms with van der Waals surface area (Å²) >= 11 is 0. The van der Waals surface area contributed by atoms with Gasteiger partial charge in [0, 0.05) is 13.2 Å². The minimum atomic E-state index is 0.0684. The van der Waals surface area contributed by atoms with Crippen molar-refractivity contribution in [2.75, 3.05) is 79.3 Å². The van der Waals surface area contributed by atoms with Crippen LogP contribution >= 0.6 is 0 Å². The fourth-order valence-corrected chi connectivity index (χ4v) is 1.28. The van der Waals surface area contributed by atoms with Gasteiger partial charge in [0.2, 0.25) is 0 Å². The molecular weight excluding hydrogens is 304 g/mol. The van der Waals surface area contributed by atoms with Crippen LogP contribution in [0.25, 0.3) is 0 Å². The molecule has 0 fully saturated rings. The van der Waals surface area contributed by atoms with Gasteiger partial charge in [0.05, 0.1) is 66.1 Å². The Morgan fingerprint density at radius 3 is 1.30 bits per heavy atom. The second-order valence-electron chi connectivity index (χ2n) is 4.45. The van der Waals surface area contributed by atoms with E-state index in [1.807, 2.05) is 6.92 Å². The van der Waals surface area contributed by atoms with Crippen LogP contribution in [0, 0.1) is 0 Å². The van der Waals surface area contributed by atoms with Crippen LogP contribution in [-0.2, 0) is 23.7 Å². The molecule has 2 N–H and O–H groups in total. The van der Waals surface area contributed by atoms with Crippen molar-refractivity contribution in [1.82, 2.24) is 0 Å². The monoisotopic (exact) mass is 340 g/mol. The van der Waals surface area contributed by atoms with Gasteiger partial charge in [0.25, 0.3) is 0 Å². The highest BCUT2D eigenvalue weighted by molar-refractivity contribution is 4.34. The lowest BCUT2D eigenvalue weighted by Crippen LogP contribution is -2.10. The topological polar surface area (TPSA) is 86.6 Å². The van der Waals surface area contributed by atoms with Crippen LogP contribution in [0.2, 0.25) is 0 Å². The number of aliphatic hydroxyl groups excluding tert-OH is 2. The minimum absolute atomic E-state index is 0.0684. The SMILES string of the molecule is CCCCOCCOCCO.CCOCCOCCOCCO. The zero-order chi connectivity index (χ0) is 17.4. The van der Waals surface area contributed by atoms with Gasteiger partial charge < -0.3 is 33.9 Å². The zero-order valence-electron chi connectivity index (χ0n) is 14.8. The highest BCUT2D eigenvalue weighted by Crippen LogP contribution is 1.87.